The lowest BCUT2D eigenvalue weighted by Gasteiger charge is -2.31. The van der Waals surface area contributed by atoms with Gasteiger partial charge in [0.15, 0.2) is 0 Å². The highest BCUT2D eigenvalue weighted by molar-refractivity contribution is 9.10. The van der Waals surface area contributed by atoms with Crippen LogP contribution in [0.4, 0.5) is 5.69 Å². The van der Waals surface area contributed by atoms with E-state index in [9.17, 15) is 9.59 Å². The fourth-order valence-electron chi connectivity index (χ4n) is 3.43. The first-order chi connectivity index (χ1) is 13.0. The van der Waals surface area contributed by atoms with Gasteiger partial charge in [0.2, 0.25) is 5.91 Å². The van der Waals surface area contributed by atoms with E-state index in [2.05, 4.69) is 26.2 Å². The van der Waals surface area contributed by atoms with E-state index < -0.39 is 0 Å². The van der Waals surface area contributed by atoms with E-state index in [1.54, 1.807) is 11.3 Å². The number of piperidine rings is 1. The molecule has 1 fully saturated rings. The lowest BCUT2D eigenvalue weighted by Crippen LogP contribution is -2.41. The molecule has 27 heavy (non-hydrogen) atoms. The molecular formula is C20H20BrN3O2S. The summed E-state index contributed by atoms with van der Waals surface area (Å²) in [4.78, 5) is 31.3. The molecule has 1 aromatic carbocycles. The minimum Gasteiger partial charge on any atom is -0.342 e. The number of aryl methyl sites for hydroxylation is 1. The van der Waals surface area contributed by atoms with E-state index in [1.807, 2.05) is 47.5 Å². The van der Waals surface area contributed by atoms with Crippen molar-refractivity contribution < 1.29 is 9.59 Å². The number of carbonyl (C=O) groups is 2. The number of amides is 2. The van der Waals surface area contributed by atoms with Gasteiger partial charge in [-0.05, 0) is 70.9 Å². The van der Waals surface area contributed by atoms with Crippen LogP contribution in [0.3, 0.4) is 0 Å². The summed E-state index contributed by atoms with van der Waals surface area (Å²) in [6.07, 6.45) is 1.35. The number of aromatic nitrogens is 1. The first-order valence-corrected chi connectivity index (χ1v) is 10.6. The topological polar surface area (TPSA) is 65.2 Å². The van der Waals surface area contributed by atoms with Gasteiger partial charge in [-0.1, -0.05) is 6.07 Å². The van der Waals surface area contributed by atoms with E-state index >= 15 is 0 Å². The summed E-state index contributed by atoms with van der Waals surface area (Å²) in [5, 5.41) is 6.08. The maximum Gasteiger partial charge on any atom is 0.270 e. The number of rotatable bonds is 3. The van der Waals surface area contributed by atoms with Gasteiger partial charge in [-0.15, -0.1) is 11.3 Å². The highest BCUT2D eigenvalue weighted by Crippen LogP contribution is 2.27. The maximum absolute atomic E-state index is 12.7. The third-order valence-corrected chi connectivity index (χ3v) is 6.51. The molecule has 3 heterocycles. The molecule has 3 aromatic rings. The molecule has 2 amide bonds. The van der Waals surface area contributed by atoms with Gasteiger partial charge in [0, 0.05) is 28.9 Å². The number of nitrogens with one attached hydrogen (secondary N) is 2. The van der Waals surface area contributed by atoms with Crippen LogP contribution >= 0.6 is 27.3 Å². The number of anilines is 1. The van der Waals surface area contributed by atoms with Gasteiger partial charge >= 0.3 is 0 Å². The Labute approximate surface area is 169 Å². The number of likely N-dealkylation sites (tertiary alicyclic amines) is 1. The Balaban J connectivity index is 1.36. The molecule has 0 radical (unpaired) electrons. The second-order valence-corrected chi connectivity index (χ2v) is 8.70. The lowest BCUT2D eigenvalue weighted by atomic mass is 9.95. The Hall–Kier alpha value is -2.12. The van der Waals surface area contributed by atoms with Crippen molar-refractivity contribution in [3.8, 4) is 0 Å². The van der Waals surface area contributed by atoms with Crippen LogP contribution in [0.2, 0.25) is 0 Å². The number of nitrogens with zero attached hydrogens (tertiary/aromatic N) is 1. The van der Waals surface area contributed by atoms with E-state index in [0.717, 1.165) is 25.9 Å². The second kappa shape index (κ2) is 7.48. The average Bonchev–Trinajstić information content (AvgIpc) is 3.25. The van der Waals surface area contributed by atoms with Crippen molar-refractivity contribution >= 4 is 55.0 Å². The molecule has 1 aliphatic rings. The van der Waals surface area contributed by atoms with E-state index in [-0.39, 0.29) is 17.7 Å². The van der Waals surface area contributed by atoms with Gasteiger partial charge in [-0.25, -0.2) is 0 Å². The summed E-state index contributed by atoms with van der Waals surface area (Å²) in [5.41, 5.74) is 2.55. The summed E-state index contributed by atoms with van der Waals surface area (Å²) in [6, 6.07) is 9.78. The number of hydrogen-bond acceptors (Lipinski definition) is 3. The molecule has 0 bridgehead atoms. The van der Waals surface area contributed by atoms with Crippen molar-refractivity contribution in [1.29, 1.82) is 0 Å². The average molecular weight is 446 g/mol. The number of benzene rings is 1. The molecule has 0 atom stereocenters. The second-order valence-electron chi connectivity index (χ2n) is 6.93. The molecule has 2 N–H and O–H groups in total. The van der Waals surface area contributed by atoms with Crippen LogP contribution in [-0.4, -0.2) is 34.8 Å². The Morgan fingerprint density at radius 3 is 2.70 bits per heavy atom. The number of hydrogen-bond donors (Lipinski definition) is 2. The number of fused-ring (bicyclic) bond motifs is 1. The summed E-state index contributed by atoms with van der Waals surface area (Å²) in [7, 11) is 0. The van der Waals surface area contributed by atoms with Gasteiger partial charge in [0.05, 0.1) is 5.69 Å². The minimum atomic E-state index is -0.0746. The Bertz CT molecular complexity index is 973. The Morgan fingerprint density at radius 2 is 2.00 bits per heavy atom. The summed E-state index contributed by atoms with van der Waals surface area (Å²) in [5.74, 6) is -0.0417. The van der Waals surface area contributed by atoms with Crippen molar-refractivity contribution in [2.24, 2.45) is 5.92 Å². The number of carbonyl (C=O) groups excluding carboxylic acids is 2. The monoisotopic (exact) mass is 445 g/mol. The number of thiophene rings is 1. The van der Waals surface area contributed by atoms with E-state index in [1.165, 1.54) is 0 Å². The number of H-pyrrole nitrogens is 1. The Morgan fingerprint density at radius 1 is 1.22 bits per heavy atom. The fourth-order valence-corrected chi connectivity index (χ4v) is 4.81. The van der Waals surface area contributed by atoms with Crippen molar-refractivity contribution in [2.75, 3.05) is 18.4 Å². The molecule has 7 heteroatoms. The zero-order chi connectivity index (χ0) is 19.0. The van der Waals surface area contributed by atoms with E-state index in [4.69, 9.17) is 0 Å². The van der Waals surface area contributed by atoms with Gasteiger partial charge in [0.25, 0.3) is 5.91 Å². The zero-order valence-electron chi connectivity index (χ0n) is 14.9. The van der Waals surface area contributed by atoms with Crippen LogP contribution in [0, 0.1) is 12.8 Å². The van der Waals surface area contributed by atoms with Gasteiger partial charge < -0.3 is 15.2 Å². The molecule has 1 saturated heterocycles. The van der Waals surface area contributed by atoms with Gasteiger partial charge in [-0.3, -0.25) is 9.59 Å². The van der Waals surface area contributed by atoms with Crippen LogP contribution in [-0.2, 0) is 4.79 Å². The van der Waals surface area contributed by atoms with Crippen LogP contribution < -0.4 is 5.32 Å². The smallest absolute Gasteiger partial charge is 0.270 e. The van der Waals surface area contributed by atoms with Gasteiger partial charge in [0.1, 0.15) is 10.5 Å². The zero-order valence-corrected chi connectivity index (χ0v) is 17.3. The first kappa shape index (κ1) is 18.3. The van der Waals surface area contributed by atoms with Crippen LogP contribution in [0.15, 0.2) is 40.2 Å². The molecule has 2 aromatic heterocycles. The van der Waals surface area contributed by atoms with Crippen molar-refractivity contribution in [3.05, 3.63) is 51.4 Å². The summed E-state index contributed by atoms with van der Waals surface area (Å²) < 4.78 is 0.884. The van der Waals surface area contributed by atoms with Crippen molar-refractivity contribution in [2.45, 2.75) is 19.8 Å². The molecule has 0 unspecified atom stereocenters. The predicted octanol–water partition coefficient (Wildman–Crippen LogP) is 4.79. The maximum atomic E-state index is 12.7. The van der Waals surface area contributed by atoms with Crippen molar-refractivity contribution in [3.63, 3.8) is 0 Å². The van der Waals surface area contributed by atoms with E-state index in [0.29, 0.717) is 31.6 Å². The standard InChI is InChI=1S/C20H20BrN3O2S/c1-12-2-3-16(15(21)10-12)22-18(25)13-4-7-24(8-5-13)20(26)17-11-14-6-9-27-19(14)23-17/h2-3,6,9-11,13,23H,4-5,7-8H2,1H3,(H,22,25). The highest BCUT2D eigenvalue weighted by Gasteiger charge is 2.28. The summed E-state index contributed by atoms with van der Waals surface area (Å²) >= 11 is 5.09. The molecule has 0 aliphatic carbocycles. The van der Waals surface area contributed by atoms with Crippen molar-refractivity contribution in [1.82, 2.24) is 9.88 Å². The van der Waals surface area contributed by atoms with Crippen LogP contribution in [0.1, 0.15) is 28.9 Å². The third kappa shape index (κ3) is 3.80. The lowest BCUT2D eigenvalue weighted by molar-refractivity contribution is -0.121. The summed E-state index contributed by atoms with van der Waals surface area (Å²) in [6.45, 7) is 3.20. The molecular weight excluding hydrogens is 426 g/mol. The quantitative estimate of drug-likeness (QED) is 0.608. The largest absolute Gasteiger partial charge is 0.342 e. The van der Waals surface area contributed by atoms with Gasteiger partial charge in [-0.2, -0.15) is 0 Å². The number of halogens is 1. The first-order valence-electron chi connectivity index (χ1n) is 8.94. The van der Waals surface area contributed by atoms with Crippen LogP contribution in [0.5, 0.6) is 0 Å². The highest BCUT2D eigenvalue weighted by atomic mass is 79.9. The van der Waals surface area contributed by atoms with Crippen LogP contribution in [0.25, 0.3) is 10.2 Å². The normalized spacial score (nSPS) is 15.3. The molecule has 4 rings (SSSR count). The SMILES string of the molecule is Cc1ccc(NC(=O)C2CCN(C(=O)c3cc4ccsc4[nH]3)CC2)c(Br)c1. The fraction of sp³-hybridized carbons (Fsp3) is 0.300. The minimum absolute atomic E-state index is 0.0125. The molecule has 140 valence electrons. The molecule has 1 aliphatic heterocycles. The molecule has 5 nitrogen and oxygen atoms in total. The molecule has 0 spiro atoms. The molecule has 0 saturated carbocycles. The number of aromatic amines is 1. The predicted molar refractivity (Wildman–Crippen MR) is 112 cm³/mol. The Kier molecular flexibility index (Phi) is 5.06. The third-order valence-electron chi connectivity index (χ3n) is 5.01.